The lowest BCUT2D eigenvalue weighted by Crippen LogP contribution is -2.12. The van der Waals surface area contributed by atoms with Gasteiger partial charge in [-0.2, -0.15) is 5.10 Å². The van der Waals surface area contributed by atoms with Crippen LogP contribution in [-0.4, -0.2) is 30.8 Å². The molecule has 0 radical (unpaired) electrons. The summed E-state index contributed by atoms with van der Waals surface area (Å²) in [6.45, 7) is 6.37. The number of rotatable bonds is 4. The van der Waals surface area contributed by atoms with Crippen LogP contribution in [0.5, 0.6) is 0 Å². The van der Waals surface area contributed by atoms with E-state index in [2.05, 4.69) is 22.0 Å². The number of carbonyl (C=O) groups is 1. The van der Waals surface area contributed by atoms with Crippen LogP contribution in [0.4, 0.5) is 0 Å². The highest BCUT2D eigenvalue weighted by atomic mass is 16.4. The van der Waals surface area contributed by atoms with Crippen LogP contribution in [0.25, 0.3) is 0 Å². The van der Waals surface area contributed by atoms with Gasteiger partial charge in [0, 0.05) is 11.9 Å². The fraction of sp³-hybridized carbons (Fsp3) is 0.385. The topological polar surface area (TPSA) is 80.9 Å². The highest BCUT2D eigenvalue weighted by Gasteiger charge is 2.15. The summed E-state index contributed by atoms with van der Waals surface area (Å²) in [6.07, 6.45) is 3.58. The predicted octanol–water partition coefficient (Wildman–Crippen LogP) is 1.60. The van der Waals surface area contributed by atoms with Crippen molar-refractivity contribution >= 4 is 5.97 Å². The summed E-state index contributed by atoms with van der Waals surface area (Å²) in [7, 11) is 0. The van der Waals surface area contributed by atoms with Crippen LogP contribution in [0.2, 0.25) is 0 Å². The zero-order chi connectivity index (χ0) is 14.0. The number of hydrogen-bond acceptors (Lipinski definition) is 4. The summed E-state index contributed by atoms with van der Waals surface area (Å²) in [4.78, 5) is 18.9. The Morgan fingerprint density at radius 2 is 2.16 bits per heavy atom. The SMILES string of the molecule is CCc1c(C)nn(Cc2ncncc2C(=O)O)c1C. The lowest BCUT2D eigenvalue weighted by atomic mass is 10.1. The Bertz CT molecular complexity index is 619. The van der Waals surface area contributed by atoms with E-state index in [1.807, 2.05) is 13.8 Å². The van der Waals surface area contributed by atoms with Gasteiger partial charge < -0.3 is 5.11 Å². The minimum atomic E-state index is -1.02. The van der Waals surface area contributed by atoms with Gasteiger partial charge >= 0.3 is 5.97 Å². The molecule has 0 aliphatic heterocycles. The molecule has 0 bridgehead atoms. The van der Waals surface area contributed by atoms with Crippen molar-refractivity contribution in [1.82, 2.24) is 19.7 Å². The number of aryl methyl sites for hydroxylation is 1. The van der Waals surface area contributed by atoms with Gasteiger partial charge in [-0.25, -0.2) is 14.8 Å². The molecule has 0 saturated heterocycles. The van der Waals surface area contributed by atoms with Gasteiger partial charge in [0.2, 0.25) is 0 Å². The molecule has 6 heteroatoms. The Labute approximate surface area is 111 Å². The molecule has 0 spiro atoms. The Balaban J connectivity index is 2.39. The minimum Gasteiger partial charge on any atom is -0.478 e. The normalized spacial score (nSPS) is 10.7. The molecule has 0 saturated carbocycles. The van der Waals surface area contributed by atoms with Gasteiger partial charge in [0.05, 0.1) is 17.9 Å². The Morgan fingerprint density at radius 3 is 2.74 bits per heavy atom. The number of nitrogens with zero attached hydrogens (tertiary/aromatic N) is 4. The van der Waals surface area contributed by atoms with E-state index in [9.17, 15) is 4.79 Å². The third kappa shape index (κ3) is 2.47. The molecule has 2 aromatic rings. The van der Waals surface area contributed by atoms with Crippen molar-refractivity contribution < 1.29 is 9.90 Å². The maximum atomic E-state index is 11.1. The second-order valence-corrected chi connectivity index (χ2v) is 4.35. The monoisotopic (exact) mass is 260 g/mol. The summed E-state index contributed by atoms with van der Waals surface area (Å²) >= 11 is 0. The first-order valence-electron chi connectivity index (χ1n) is 6.09. The van der Waals surface area contributed by atoms with E-state index in [-0.39, 0.29) is 5.56 Å². The quantitative estimate of drug-likeness (QED) is 0.903. The molecule has 6 nitrogen and oxygen atoms in total. The molecular formula is C13H16N4O2. The summed E-state index contributed by atoms with van der Waals surface area (Å²) in [6, 6.07) is 0. The molecule has 0 fully saturated rings. The average molecular weight is 260 g/mol. The fourth-order valence-corrected chi connectivity index (χ4v) is 2.20. The van der Waals surface area contributed by atoms with Crippen molar-refractivity contribution in [2.45, 2.75) is 33.7 Å². The van der Waals surface area contributed by atoms with Gasteiger partial charge in [-0.1, -0.05) is 6.92 Å². The van der Waals surface area contributed by atoms with Crippen LogP contribution >= 0.6 is 0 Å². The number of aromatic carboxylic acids is 1. The van der Waals surface area contributed by atoms with E-state index in [4.69, 9.17) is 5.11 Å². The maximum absolute atomic E-state index is 11.1. The van der Waals surface area contributed by atoms with E-state index < -0.39 is 5.97 Å². The highest BCUT2D eigenvalue weighted by Crippen LogP contribution is 2.15. The molecule has 0 unspecified atom stereocenters. The van der Waals surface area contributed by atoms with Crippen LogP contribution < -0.4 is 0 Å². The molecule has 19 heavy (non-hydrogen) atoms. The smallest absolute Gasteiger partial charge is 0.339 e. The zero-order valence-corrected chi connectivity index (χ0v) is 11.2. The summed E-state index contributed by atoms with van der Waals surface area (Å²) < 4.78 is 1.79. The van der Waals surface area contributed by atoms with E-state index in [1.54, 1.807) is 4.68 Å². The first kappa shape index (κ1) is 13.2. The van der Waals surface area contributed by atoms with Crippen LogP contribution in [0.3, 0.4) is 0 Å². The van der Waals surface area contributed by atoms with Crippen LogP contribution in [-0.2, 0) is 13.0 Å². The molecule has 0 aliphatic rings. The Morgan fingerprint density at radius 1 is 1.42 bits per heavy atom. The molecular weight excluding hydrogens is 244 g/mol. The van der Waals surface area contributed by atoms with Gasteiger partial charge in [0.25, 0.3) is 0 Å². The van der Waals surface area contributed by atoms with E-state index >= 15 is 0 Å². The summed E-state index contributed by atoms with van der Waals surface area (Å²) in [5.41, 5.74) is 3.82. The molecule has 0 aromatic carbocycles. The standard InChI is InChI=1S/C13H16N4O2/c1-4-10-8(2)16-17(9(10)3)6-12-11(13(18)19)5-14-7-15-12/h5,7H,4,6H2,1-3H3,(H,18,19). The van der Waals surface area contributed by atoms with Gasteiger partial charge in [-0.3, -0.25) is 4.68 Å². The van der Waals surface area contributed by atoms with E-state index in [0.29, 0.717) is 12.2 Å². The molecule has 2 heterocycles. The number of carboxylic acids is 1. The lowest BCUT2D eigenvalue weighted by molar-refractivity contribution is 0.0694. The minimum absolute atomic E-state index is 0.119. The van der Waals surface area contributed by atoms with Gasteiger partial charge in [0.15, 0.2) is 0 Å². The van der Waals surface area contributed by atoms with Gasteiger partial charge in [0.1, 0.15) is 11.9 Å². The highest BCUT2D eigenvalue weighted by molar-refractivity contribution is 5.88. The van der Waals surface area contributed by atoms with Gasteiger partial charge in [-0.15, -0.1) is 0 Å². The molecule has 0 amide bonds. The predicted molar refractivity (Wildman–Crippen MR) is 69.2 cm³/mol. The van der Waals surface area contributed by atoms with Crippen molar-refractivity contribution in [3.63, 3.8) is 0 Å². The number of carboxylic acid groups (broad SMARTS) is 1. The van der Waals surface area contributed by atoms with Crippen molar-refractivity contribution in [3.8, 4) is 0 Å². The largest absolute Gasteiger partial charge is 0.478 e. The molecule has 0 atom stereocenters. The lowest BCUT2D eigenvalue weighted by Gasteiger charge is -2.06. The van der Waals surface area contributed by atoms with Crippen molar-refractivity contribution in [1.29, 1.82) is 0 Å². The first-order chi connectivity index (χ1) is 9.04. The summed E-state index contributed by atoms with van der Waals surface area (Å²) in [5.74, 6) is -1.02. The van der Waals surface area contributed by atoms with Crippen LogP contribution in [0.1, 0.15) is 39.9 Å². The zero-order valence-electron chi connectivity index (χ0n) is 11.2. The molecule has 2 rings (SSSR count). The van der Waals surface area contributed by atoms with E-state index in [1.165, 1.54) is 18.1 Å². The number of aromatic nitrogens is 4. The molecule has 2 aromatic heterocycles. The molecule has 100 valence electrons. The Kier molecular flexibility index (Phi) is 3.59. The van der Waals surface area contributed by atoms with Crippen LogP contribution in [0.15, 0.2) is 12.5 Å². The van der Waals surface area contributed by atoms with Crippen molar-refractivity contribution in [3.05, 3.63) is 40.7 Å². The first-order valence-corrected chi connectivity index (χ1v) is 6.09. The third-order valence-electron chi connectivity index (χ3n) is 3.21. The van der Waals surface area contributed by atoms with Crippen molar-refractivity contribution in [2.75, 3.05) is 0 Å². The second kappa shape index (κ2) is 5.17. The number of hydrogen-bond donors (Lipinski definition) is 1. The second-order valence-electron chi connectivity index (χ2n) is 4.35. The van der Waals surface area contributed by atoms with Gasteiger partial charge in [-0.05, 0) is 25.8 Å². The van der Waals surface area contributed by atoms with Crippen LogP contribution in [0, 0.1) is 13.8 Å². The maximum Gasteiger partial charge on any atom is 0.339 e. The summed E-state index contributed by atoms with van der Waals surface area (Å²) in [5, 5.41) is 13.5. The Hall–Kier alpha value is -2.24. The van der Waals surface area contributed by atoms with Crippen molar-refractivity contribution in [2.24, 2.45) is 0 Å². The third-order valence-corrected chi connectivity index (χ3v) is 3.21. The molecule has 1 N–H and O–H groups in total. The van der Waals surface area contributed by atoms with E-state index in [0.717, 1.165) is 17.8 Å². The average Bonchev–Trinajstić information content (AvgIpc) is 2.64. The fourth-order valence-electron chi connectivity index (χ4n) is 2.20. The molecule has 0 aliphatic carbocycles.